The number of benzene rings is 2. The van der Waals surface area contributed by atoms with Gasteiger partial charge in [-0.25, -0.2) is 5.43 Å². The molecule has 0 aliphatic carbocycles. The molecular formula is C19H17N5O5. The van der Waals surface area contributed by atoms with Gasteiger partial charge in [-0.1, -0.05) is 6.07 Å². The molecule has 0 aliphatic rings. The highest BCUT2D eigenvalue weighted by Gasteiger charge is 2.12. The molecule has 1 heterocycles. The summed E-state index contributed by atoms with van der Waals surface area (Å²) in [7, 11) is 3.09. The monoisotopic (exact) mass is 395 g/mol. The Kier molecular flexibility index (Phi) is 5.83. The number of nitrogens with one attached hydrogen (secondary N) is 2. The van der Waals surface area contributed by atoms with E-state index in [2.05, 4.69) is 20.7 Å². The number of aromatic amines is 1. The second-order valence-electron chi connectivity index (χ2n) is 5.78. The van der Waals surface area contributed by atoms with E-state index in [0.717, 1.165) is 5.56 Å². The Morgan fingerprint density at radius 1 is 1.21 bits per heavy atom. The van der Waals surface area contributed by atoms with Crippen LogP contribution in [-0.4, -0.2) is 41.5 Å². The molecule has 29 heavy (non-hydrogen) atoms. The van der Waals surface area contributed by atoms with Gasteiger partial charge in [-0.2, -0.15) is 10.2 Å². The van der Waals surface area contributed by atoms with Crippen molar-refractivity contribution in [2.24, 2.45) is 5.10 Å². The number of hydrazone groups is 1. The molecule has 1 amide bonds. The Labute approximate surface area is 165 Å². The van der Waals surface area contributed by atoms with Crippen LogP contribution in [0.1, 0.15) is 15.9 Å². The van der Waals surface area contributed by atoms with Crippen LogP contribution in [0.4, 0.5) is 5.69 Å². The van der Waals surface area contributed by atoms with Crippen molar-refractivity contribution in [1.82, 2.24) is 15.6 Å². The van der Waals surface area contributed by atoms with E-state index in [-0.39, 0.29) is 11.3 Å². The third kappa shape index (κ3) is 4.38. The average molecular weight is 395 g/mol. The molecule has 0 bridgehead atoms. The number of nitro benzene ring substituents is 1. The highest BCUT2D eigenvalue weighted by atomic mass is 16.6. The molecular weight excluding hydrogens is 378 g/mol. The number of methoxy groups -OCH3 is 2. The summed E-state index contributed by atoms with van der Waals surface area (Å²) in [5.41, 5.74) is 4.37. The zero-order valence-electron chi connectivity index (χ0n) is 15.6. The van der Waals surface area contributed by atoms with Crippen LogP contribution in [0.2, 0.25) is 0 Å². The SMILES string of the molecule is COc1ccc(-c2[nH]ncc2C=NNC(=O)c2cccc([N+](=O)[O-])c2)cc1OC. The van der Waals surface area contributed by atoms with E-state index < -0.39 is 10.8 Å². The van der Waals surface area contributed by atoms with Crippen molar-refractivity contribution in [2.45, 2.75) is 0 Å². The number of carbonyl (C=O) groups excluding carboxylic acids is 1. The lowest BCUT2D eigenvalue weighted by Crippen LogP contribution is -2.17. The number of hydrogen-bond acceptors (Lipinski definition) is 7. The molecule has 0 saturated carbocycles. The van der Waals surface area contributed by atoms with Gasteiger partial charge in [0.2, 0.25) is 0 Å². The van der Waals surface area contributed by atoms with Crippen LogP contribution in [-0.2, 0) is 0 Å². The smallest absolute Gasteiger partial charge is 0.271 e. The quantitative estimate of drug-likeness (QED) is 0.359. The Morgan fingerprint density at radius 3 is 2.72 bits per heavy atom. The van der Waals surface area contributed by atoms with E-state index in [4.69, 9.17) is 9.47 Å². The molecule has 2 aromatic carbocycles. The van der Waals surface area contributed by atoms with Crippen molar-refractivity contribution in [3.63, 3.8) is 0 Å². The molecule has 10 heteroatoms. The normalized spacial score (nSPS) is 10.7. The van der Waals surface area contributed by atoms with E-state index in [1.54, 1.807) is 32.5 Å². The van der Waals surface area contributed by atoms with Crippen molar-refractivity contribution in [2.75, 3.05) is 14.2 Å². The summed E-state index contributed by atoms with van der Waals surface area (Å²) in [5.74, 6) is 0.581. The molecule has 0 spiro atoms. The van der Waals surface area contributed by atoms with Gasteiger partial charge in [-0.15, -0.1) is 0 Å². The first-order valence-electron chi connectivity index (χ1n) is 8.37. The number of nitrogens with zero attached hydrogens (tertiary/aromatic N) is 3. The minimum atomic E-state index is -0.569. The summed E-state index contributed by atoms with van der Waals surface area (Å²) in [6.07, 6.45) is 2.97. The molecule has 0 atom stereocenters. The zero-order valence-corrected chi connectivity index (χ0v) is 15.6. The first-order valence-corrected chi connectivity index (χ1v) is 8.37. The predicted molar refractivity (Wildman–Crippen MR) is 105 cm³/mol. The van der Waals surface area contributed by atoms with Gasteiger partial charge in [0, 0.05) is 28.8 Å². The van der Waals surface area contributed by atoms with Crippen molar-refractivity contribution in [1.29, 1.82) is 0 Å². The highest BCUT2D eigenvalue weighted by Crippen LogP contribution is 2.32. The molecule has 3 rings (SSSR count). The summed E-state index contributed by atoms with van der Waals surface area (Å²) in [5, 5.41) is 21.6. The maximum atomic E-state index is 12.2. The molecule has 0 fully saturated rings. The van der Waals surface area contributed by atoms with E-state index in [9.17, 15) is 14.9 Å². The van der Waals surface area contributed by atoms with E-state index >= 15 is 0 Å². The van der Waals surface area contributed by atoms with E-state index in [1.807, 2.05) is 6.07 Å². The third-order valence-electron chi connectivity index (χ3n) is 4.03. The fourth-order valence-electron chi connectivity index (χ4n) is 2.60. The Balaban J connectivity index is 1.76. The zero-order chi connectivity index (χ0) is 20.8. The summed E-state index contributed by atoms with van der Waals surface area (Å²) in [6.45, 7) is 0. The van der Waals surface area contributed by atoms with Crippen molar-refractivity contribution >= 4 is 17.8 Å². The molecule has 2 N–H and O–H groups in total. The fraction of sp³-hybridized carbons (Fsp3) is 0.105. The van der Waals surface area contributed by atoms with Gasteiger partial charge < -0.3 is 9.47 Å². The van der Waals surface area contributed by atoms with Crippen molar-refractivity contribution in [3.05, 3.63) is 69.9 Å². The average Bonchev–Trinajstić information content (AvgIpc) is 3.21. The number of non-ortho nitro benzene ring substituents is 1. The van der Waals surface area contributed by atoms with E-state index in [1.165, 1.54) is 30.5 Å². The van der Waals surface area contributed by atoms with Crippen LogP contribution in [0.25, 0.3) is 11.3 Å². The number of H-pyrrole nitrogens is 1. The second-order valence-corrected chi connectivity index (χ2v) is 5.78. The van der Waals surface area contributed by atoms with Gasteiger partial charge >= 0.3 is 0 Å². The van der Waals surface area contributed by atoms with Gasteiger partial charge in [0.1, 0.15) is 0 Å². The number of hydrogen-bond donors (Lipinski definition) is 2. The minimum absolute atomic E-state index is 0.128. The number of amides is 1. The molecule has 3 aromatic rings. The Morgan fingerprint density at radius 2 is 2.00 bits per heavy atom. The number of rotatable bonds is 7. The van der Waals surface area contributed by atoms with Gasteiger partial charge in [-0.05, 0) is 24.3 Å². The van der Waals surface area contributed by atoms with Gasteiger partial charge in [-0.3, -0.25) is 20.0 Å². The minimum Gasteiger partial charge on any atom is -0.493 e. The lowest BCUT2D eigenvalue weighted by Gasteiger charge is -2.09. The molecule has 1 aromatic heterocycles. The van der Waals surface area contributed by atoms with Crippen LogP contribution in [0.15, 0.2) is 53.8 Å². The molecule has 0 unspecified atom stereocenters. The maximum absolute atomic E-state index is 12.2. The van der Waals surface area contributed by atoms with Crippen LogP contribution >= 0.6 is 0 Å². The standard InChI is InChI=1S/C19H17N5O5/c1-28-16-7-6-12(9-17(16)29-2)18-14(10-20-22-18)11-21-23-19(25)13-4-3-5-15(8-13)24(26)27/h3-11H,1-2H3,(H,20,22)(H,23,25). The fourth-order valence-corrected chi connectivity index (χ4v) is 2.60. The summed E-state index contributed by atoms with van der Waals surface area (Å²) in [4.78, 5) is 22.4. The predicted octanol–water partition coefficient (Wildman–Crippen LogP) is 2.77. The molecule has 0 aliphatic heterocycles. The van der Waals surface area contributed by atoms with Gasteiger partial charge in [0.15, 0.2) is 11.5 Å². The van der Waals surface area contributed by atoms with Crippen LogP contribution < -0.4 is 14.9 Å². The lowest BCUT2D eigenvalue weighted by molar-refractivity contribution is -0.384. The Hall–Kier alpha value is -4.21. The Bertz CT molecular complexity index is 1080. The van der Waals surface area contributed by atoms with E-state index in [0.29, 0.717) is 22.8 Å². The number of carbonyl (C=O) groups is 1. The first kappa shape index (κ1) is 19.5. The maximum Gasteiger partial charge on any atom is 0.271 e. The second kappa shape index (κ2) is 8.65. The largest absolute Gasteiger partial charge is 0.493 e. The molecule has 0 saturated heterocycles. The molecule has 148 valence electrons. The highest BCUT2D eigenvalue weighted by molar-refractivity contribution is 5.96. The summed E-state index contributed by atoms with van der Waals surface area (Å²) >= 11 is 0. The molecule has 0 radical (unpaired) electrons. The lowest BCUT2D eigenvalue weighted by atomic mass is 10.1. The molecule has 10 nitrogen and oxygen atoms in total. The van der Waals surface area contributed by atoms with Crippen LogP contribution in [0, 0.1) is 10.1 Å². The van der Waals surface area contributed by atoms with Crippen molar-refractivity contribution in [3.8, 4) is 22.8 Å². The summed E-state index contributed by atoms with van der Waals surface area (Å²) < 4.78 is 10.5. The third-order valence-corrected chi connectivity index (χ3v) is 4.03. The van der Waals surface area contributed by atoms with Gasteiger partial charge in [0.05, 0.1) is 37.2 Å². The number of nitro groups is 1. The van der Waals surface area contributed by atoms with Crippen LogP contribution in [0.3, 0.4) is 0 Å². The number of ether oxygens (including phenoxy) is 2. The first-order chi connectivity index (χ1) is 14.0. The topological polar surface area (TPSA) is 132 Å². The van der Waals surface area contributed by atoms with Crippen LogP contribution in [0.5, 0.6) is 11.5 Å². The number of aromatic nitrogens is 2. The summed E-state index contributed by atoms with van der Waals surface area (Å²) in [6, 6.07) is 10.8. The van der Waals surface area contributed by atoms with Gasteiger partial charge in [0.25, 0.3) is 11.6 Å². The van der Waals surface area contributed by atoms with Crippen molar-refractivity contribution < 1.29 is 19.2 Å².